The Morgan fingerprint density at radius 1 is 1.17 bits per heavy atom. The number of anilines is 2. The molecule has 1 N–H and O–H groups in total. The van der Waals surface area contributed by atoms with Crippen molar-refractivity contribution < 1.29 is 9.59 Å². The number of hydrogen-bond donors (Lipinski definition) is 1. The summed E-state index contributed by atoms with van der Waals surface area (Å²) in [6.07, 6.45) is 3.47. The Bertz CT molecular complexity index is 1030. The highest BCUT2D eigenvalue weighted by Crippen LogP contribution is 2.31. The number of nitrogens with zero attached hydrogens (tertiary/aromatic N) is 3. The van der Waals surface area contributed by atoms with Crippen LogP contribution in [0.2, 0.25) is 0 Å². The van der Waals surface area contributed by atoms with Crippen molar-refractivity contribution in [3.63, 3.8) is 0 Å². The number of benzene rings is 2. The Kier molecular flexibility index (Phi) is 5.67. The normalized spacial score (nSPS) is 13.1. The standard InChI is InChI=1S/C22H22N4O2S/c1-2-7-18-20(29-25-24-18)21(27)23-17-12-11-15-10-6-13-26(19(15)14-17)22(28)16-8-4-3-5-9-16/h3-5,8-9,11-12,14H,2,6-7,10,13H2,1H3,(H,23,27). The predicted octanol–water partition coefficient (Wildman–Crippen LogP) is 4.34. The molecule has 0 atom stereocenters. The van der Waals surface area contributed by atoms with Gasteiger partial charge in [-0.1, -0.05) is 42.1 Å². The van der Waals surface area contributed by atoms with Gasteiger partial charge in [-0.3, -0.25) is 9.59 Å². The van der Waals surface area contributed by atoms with E-state index in [1.165, 1.54) is 0 Å². The van der Waals surface area contributed by atoms with Crippen LogP contribution >= 0.6 is 11.5 Å². The molecule has 0 fully saturated rings. The lowest BCUT2D eigenvalue weighted by atomic mass is 10.00. The maximum atomic E-state index is 13.0. The smallest absolute Gasteiger partial charge is 0.269 e. The van der Waals surface area contributed by atoms with Crippen LogP contribution in [0, 0.1) is 0 Å². The second kappa shape index (κ2) is 8.53. The lowest BCUT2D eigenvalue weighted by molar-refractivity contribution is 0.0984. The fraction of sp³-hybridized carbons (Fsp3) is 0.273. The molecular weight excluding hydrogens is 384 g/mol. The van der Waals surface area contributed by atoms with E-state index in [0.29, 0.717) is 22.7 Å². The van der Waals surface area contributed by atoms with Crippen molar-refractivity contribution in [1.29, 1.82) is 0 Å². The number of aromatic nitrogens is 2. The topological polar surface area (TPSA) is 75.2 Å². The Hall–Kier alpha value is -3.06. The highest BCUT2D eigenvalue weighted by Gasteiger charge is 2.24. The van der Waals surface area contributed by atoms with E-state index >= 15 is 0 Å². The van der Waals surface area contributed by atoms with Crippen LogP contribution in [0.5, 0.6) is 0 Å². The quantitative estimate of drug-likeness (QED) is 0.684. The van der Waals surface area contributed by atoms with Crippen molar-refractivity contribution in [3.8, 4) is 0 Å². The predicted molar refractivity (Wildman–Crippen MR) is 115 cm³/mol. The Labute approximate surface area is 173 Å². The molecule has 148 valence electrons. The first kappa shape index (κ1) is 19.3. The lowest BCUT2D eigenvalue weighted by Crippen LogP contribution is -2.35. The Balaban J connectivity index is 1.59. The van der Waals surface area contributed by atoms with Gasteiger partial charge in [0.05, 0.1) is 5.69 Å². The summed E-state index contributed by atoms with van der Waals surface area (Å²) >= 11 is 1.11. The molecule has 0 radical (unpaired) electrons. The summed E-state index contributed by atoms with van der Waals surface area (Å²) in [7, 11) is 0. The van der Waals surface area contributed by atoms with Crippen LogP contribution in [0.1, 0.15) is 51.1 Å². The van der Waals surface area contributed by atoms with Gasteiger partial charge in [-0.25, -0.2) is 0 Å². The van der Waals surface area contributed by atoms with Crippen molar-refractivity contribution >= 4 is 34.7 Å². The van der Waals surface area contributed by atoms with Gasteiger partial charge in [0.15, 0.2) is 0 Å². The van der Waals surface area contributed by atoms with Crippen molar-refractivity contribution in [2.75, 3.05) is 16.8 Å². The van der Waals surface area contributed by atoms with Gasteiger partial charge < -0.3 is 10.2 Å². The molecule has 4 rings (SSSR count). The van der Waals surface area contributed by atoms with E-state index in [1.54, 1.807) is 4.90 Å². The van der Waals surface area contributed by atoms with E-state index in [2.05, 4.69) is 14.9 Å². The summed E-state index contributed by atoms with van der Waals surface area (Å²) < 4.78 is 3.92. The first-order valence-corrected chi connectivity index (χ1v) is 10.6. The van der Waals surface area contributed by atoms with Gasteiger partial charge in [0.25, 0.3) is 11.8 Å². The number of nitrogens with one attached hydrogen (secondary N) is 1. The number of rotatable bonds is 5. The fourth-order valence-corrected chi connectivity index (χ4v) is 4.17. The summed E-state index contributed by atoms with van der Waals surface area (Å²) in [5.74, 6) is -0.230. The summed E-state index contributed by atoms with van der Waals surface area (Å²) in [5.41, 5.74) is 4.03. The van der Waals surface area contributed by atoms with E-state index < -0.39 is 0 Å². The van der Waals surface area contributed by atoms with Gasteiger partial charge in [0, 0.05) is 23.5 Å². The molecule has 0 spiro atoms. The van der Waals surface area contributed by atoms with Gasteiger partial charge in [-0.15, -0.1) is 5.10 Å². The molecule has 0 unspecified atom stereocenters. The molecule has 6 nitrogen and oxygen atoms in total. The van der Waals surface area contributed by atoms with Crippen LogP contribution in [-0.2, 0) is 12.8 Å². The molecule has 2 aromatic carbocycles. The molecule has 3 aromatic rings. The van der Waals surface area contributed by atoms with Crippen LogP contribution < -0.4 is 10.2 Å². The van der Waals surface area contributed by atoms with Crippen molar-refractivity contribution in [3.05, 3.63) is 70.2 Å². The Morgan fingerprint density at radius 3 is 2.79 bits per heavy atom. The van der Waals surface area contributed by atoms with Crippen LogP contribution in [0.4, 0.5) is 11.4 Å². The minimum absolute atomic E-state index is 0.0214. The molecule has 2 heterocycles. The third-order valence-electron chi connectivity index (χ3n) is 4.98. The minimum atomic E-state index is -0.208. The van der Waals surface area contributed by atoms with Crippen LogP contribution in [0.25, 0.3) is 0 Å². The van der Waals surface area contributed by atoms with Crippen molar-refractivity contribution in [2.24, 2.45) is 0 Å². The first-order chi connectivity index (χ1) is 14.2. The maximum absolute atomic E-state index is 13.0. The molecule has 0 bridgehead atoms. The third-order valence-corrected chi connectivity index (χ3v) is 5.74. The molecule has 1 aromatic heterocycles. The van der Waals surface area contributed by atoms with E-state index in [4.69, 9.17) is 0 Å². The molecule has 7 heteroatoms. The highest BCUT2D eigenvalue weighted by molar-refractivity contribution is 7.08. The summed E-state index contributed by atoms with van der Waals surface area (Å²) in [6, 6.07) is 15.1. The number of aryl methyl sites for hydroxylation is 2. The number of carbonyl (C=O) groups excluding carboxylic acids is 2. The molecule has 1 aliphatic rings. The second-order valence-corrected chi connectivity index (χ2v) is 7.78. The lowest BCUT2D eigenvalue weighted by Gasteiger charge is -2.30. The zero-order valence-electron chi connectivity index (χ0n) is 16.2. The van der Waals surface area contributed by atoms with Gasteiger partial charge in [0.1, 0.15) is 4.88 Å². The fourth-order valence-electron chi connectivity index (χ4n) is 3.57. The molecule has 1 aliphatic heterocycles. The highest BCUT2D eigenvalue weighted by atomic mass is 32.1. The average molecular weight is 407 g/mol. The monoisotopic (exact) mass is 406 g/mol. The third kappa shape index (κ3) is 4.05. The maximum Gasteiger partial charge on any atom is 0.269 e. The zero-order chi connectivity index (χ0) is 20.2. The number of fused-ring (bicyclic) bond motifs is 1. The molecule has 29 heavy (non-hydrogen) atoms. The SMILES string of the molecule is CCCc1nnsc1C(=O)Nc1ccc2c(c1)N(C(=O)c1ccccc1)CCC2. The zero-order valence-corrected chi connectivity index (χ0v) is 17.0. The van der Waals surface area contributed by atoms with Gasteiger partial charge in [-0.05, 0) is 60.6 Å². The second-order valence-electron chi connectivity index (χ2n) is 7.02. The Morgan fingerprint density at radius 2 is 2.00 bits per heavy atom. The largest absolute Gasteiger partial charge is 0.321 e. The molecule has 0 saturated carbocycles. The first-order valence-electron chi connectivity index (χ1n) is 9.79. The van der Waals surface area contributed by atoms with E-state index in [0.717, 1.165) is 54.2 Å². The van der Waals surface area contributed by atoms with Crippen molar-refractivity contribution in [1.82, 2.24) is 9.59 Å². The van der Waals surface area contributed by atoms with Gasteiger partial charge >= 0.3 is 0 Å². The minimum Gasteiger partial charge on any atom is -0.321 e. The number of carbonyl (C=O) groups is 2. The van der Waals surface area contributed by atoms with E-state index in [9.17, 15) is 9.59 Å². The summed E-state index contributed by atoms with van der Waals surface area (Å²) in [6.45, 7) is 2.71. The van der Waals surface area contributed by atoms with Gasteiger partial charge in [0.2, 0.25) is 0 Å². The van der Waals surface area contributed by atoms with Crippen LogP contribution in [0.3, 0.4) is 0 Å². The molecule has 2 amide bonds. The average Bonchev–Trinajstić information content (AvgIpc) is 3.22. The van der Waals surface area contributed by atoms with E-state index in [-0.39, 0.29) is 11.8 Å². The number of hydrogen-bond acceptors (Lipinski definition) is 5. The van der Waals surface area contributed by atoms with E-state index in [1.807, 2.05) is 55.5 Å². The summed E-state index contributed by atoms with van der Waals surface area (Å²) in [5, 5.41) is 7.01. The molecular formula is C22H22N4O2S. The van der Waals surface area contributed by atoms with Crippen molar-refractivity contribution in [2.45, 2.75) is 32.6 Å². The van der Waals surface area contributed by atoms with Crippen LogP contribution in [0.15, 0.2) is 48.5 Å². The molecule has 0 aliphatic carbocycles. The van der Waals surface area contributed by atoms with Gasteiger partial charge in [-0.2, -0.15) is 0 Å². The van der Waals surface area contributed by atoms with Crippen LogP contribution in [-0.4, -0.2) is 27.9 Å². The number of amides is 2. The summed E-state index contributed by atoms with van der Waals surface area (Å²) in [4.78, 5) is 28.1. The molecule has 0 saturated heterocycles.